The van der Waals surface area contributed by atoms with E-state index in [0.29, 0.717) is 0 Å². The highest BCUT2D eigenvalue weighted by Gasteiger charge is 2.36. The molecule has 0 amide bonds. The van der Waals surface area contributed by atoms with Gasteiger partial charge in [0, 0.05) is 0 Å². The molecule has 0 aliphatic heterocycles. The van der Waals surface area contributed by atoms with E-state index in [4.69, 9.17) is 33.5 Å². The summed E-state index contributed by atoms with van der Waals surface area (Å²) in [6.45, 7) is -2.46. The predicted octanol–water partition coefficient (Wildman–Crippen LogP) is 5.56. The number of esters is 3. The van der Waals surface area contributed by atoms with Crippen molar-refractivity contribution in [2.75, 3.05) is 26.4 Å². The zero-order chi connectivity index (χ0) is 32.5. The summed E-state index contributed by atoms with van der Waals surface area (Å²) >= 11 is 0. The summed E-state index contributed by atoms with van der Waals surface area (Å²) < 4.78 is 16.5. The van der Waals surface area contributed by atoms with E-state index in [-0.39, 0.29) is 33.8 Å². The maximum atomic E-state index is 13.1. The summed E-state index contributed by atoms with van der Waals surface area (Å²) in [7, 11) is 0. The third kappa shape index (κ3) is 9.25. The Morgan fingerprint density at radius 2 is 0.867 bits per heavy atom. The minimum absolute atomic E-state index is 0.0120. The van der Waals surface area contributed by atoms with Crippen molar-refractivity contribution in [2.45, 2.75) is 0 Å². The number of hydrogen-bond donors (Lipinski definition) is 1. The number of terminal acetylenes is 3. The molecule has 13 heteroatoms. The molecule has 0 heterocycles. The highest BCUT2D eigenvalue weighted by Crippen LogP contribution is 2.27. The molecule has 0 aromatic heterocycles. The van der Waals surface area contributed by atoms with E-state index >= 15 is 0 Å². The van der Waals surface area contributed by atoms with E-state index in [1.54, 1.807) is 36.4 Å². The second-order valence-electron chi connectivity index (χ2n) is 8.93. The first-order valence-electron chi connectivity index (χ1n) is 12.9. The molecule has 0 spiro atoms. The van der Waals surface area contributed by atoms with Gasteiger partial charge in [-0.05, 0) is 36.4 Å². The molecular formula is C32H24N6O7. The van der Waals surface area contributed by atoms with Crippen LogP contribution in [-0.4, -0.2) is 49.4 Å². The molecule has 0 saturated heterocycles. The molecule has 0 atom stereocenters. The first kappa shape index (κ1) is 33.0. The lowest BCUT2D eigenvalue weighted by atomic mass is 9.92. The SMILES string of the molecule is C#CN=Nc1ccccc1C(=O)OCC(CO)(COC(=O)c1ccccc1N=NC#C)COC(=O)c1ccccc1N=NC#C. The van der Waals surface area contributed by atoms with E-state index in [1.807, 2.05) is 18.1 Å². The van der Waals surface area contributed by atoms with Crippen molar-refractivity contribution in [1.29, 1.82) is 0 Å². The Morgan fingerprint density at radius 1 is 0.578 bits per heavy atom. The largest absolute Gasteiger partial charge is 0.461 e. The van der Waals surface area contributed by atoms with Gasteiger partial charge < -0.3 is 19.3 Å². The summed E-state index contributed by atoms with van der Waals surface area (Å²) in [5.74, 6) is -2.59. The normalized spacial score (nSPS) is 12.1. The van der Waals surface area contributed by atoms with Crippen LogP contribution in [-0.2, 0) is 14.2 Å². The van der Waals surface area contributed by atoms with Gasteiger partial charge in [-0.15, -0.1) is 15.3 Å². The Kier molecular flexibility index (Phi) is 12.3. The minimum atomic E-state index is -1.64. The molecule has 0 aliphatic rings. The second kappa shape index (κ2) is 16.8. The van der Waals surface area contributed by atoms with Gasteiger partial charge in [0.25, 0.3) is 0 Å². The van der Waals surface area contributed by atoms with Crippen LogP contribution in [0.15, 0.2) is 103 Å². The van der Waals surface area contributed by atoms with Crippen LogP contribution < -0.4 is 0 Å². The molecule has 13 nitrogen and oxygen atoms in total. The molecule has 0 radical (unpaired) electrons. The molecule has 3 aromatic carbocycles. The molecule has 0 bridgehead atoms. The number of aliphatic hydroxyl groups excluding tert-OH is 1. The maximum Gasteiger partial charge on any atom is 0.340 e. The first-order valence-corrected chi connectivity index (χ1v) is 12.9. The smallest absolute Gasteiger partial charge is 0.340 e. The Labute approximate surface area is 258 Å². The summed E-state index contributed by atoms with van der Waals surface area (Å²) in [4.78, 5) is 39.2. The molecule has 224 valence electrons. The summed E-state index contributed by atoms with van der Waals surface area (Å²) in [6, 6.07) is 24.3. The van der Waals surface area contributed by atoms with E-state index in [9.17, 15) is 19.5 Å². The molecule has 3 aromatic rings. The van der Waals surface area contributed by atoms with Gasteiger partial charge in [0.2, 0.25) is 0 Å². The maximum absolute atomic E-state index is 13.1. The Bertz CT molecular complexity index is 1560. The van der Waals surface area contributed by atoms with Gasteiger partial charge in [-0.2, -0.15) is 0 Å². The average Bonchev–Trinajstić information content (AvgIpc) is 3.08. The van der Waals surface area contributed by atoms with Gasteiger partial charge in [-0.3, -0.25) is 0 Å². The van der Waals surface area contributed by atoms with Gasteiger partial charge in [-0.1, -0.05) is 71.0 Å². The molecule has 3 rings (SSSR count). The zero-order valence-electron chi connectivity index (χ0n) is 23.6. The molecule has 1 N–H and O–H groups in total. The number of carbonyl (C=O) groups is 3. The fraction of sp³-hybridized carbons (Fsp3) is 0.156. The number of aliphatic hydroxyl groups is 1. The quantitative estimate of drug-likeness (QED) is 0.115. The fourth-order valence-corrected chi connectivity index (χ4v) is 3.60. The van der Waals surface area contributed by atoms with Gasteiger partial charge in [0.05, 0.1) is 46.8 Å². The number of azo groups is 3. The van der Waals surface area contributed by atoms with Crippen molar-refractivity contribution in [3.8, 4) is 37.4 Å². The number of rotatable bonds is 13. The van der Waals surface area contributed by atoms with Gasteiger partial charge >= 0.3 is 17.9 Å². The van der Waals surface area contributed by atoms with Crippen LogP contribution in [0.1, 0.15) is 31.1 Å². The van der Waals surface area contributed by atoms with Gasteiger partial charge in [0.15, 0.2) is 0 Å². The highest BCUT2D eigenvalue weighted by molar-refractivity contribution is 5.96. The Morgan fingerprint density at radius 3 is 1.13 bits per heavy atom. The van der Waals surface area contributed by atoms with Crippen LogP contribution >= 0.6 is 0 Å². The summed E-state index contributed by atoms with van der Waals surface area (Å²) in [5.41, 5.74) is -1.22. The zero-order valence-corrected chi connectivity index (χ0v) is 23.6. The van der Waals surface area contributed by atoms with Crippen LogP contribution in [0.2, 0.25) is 0 Å². The monoisotopic (exact) mass is 604 g/mol. The van der Waals surface area contributed by atoms with Crippen LogP contribution in [0.25, 0.3) is 0 Å². The van der Waals surface area contributed by atoms with E-state index in [0.717, 1.165) is 0 Å². The summed E-state index contributed by atoms with van der Waals surface area (Å²) in [5, 5.41) is 32.3. The number of hydrogen-bond acceptors (Lipinski definition) is 13. The third-order valence-electron chi connectivity index (χ3n) is 5.88. The topological polar surface area (TPSA) is 173 Å². The number of benzene rings is 3. The highest BCUT2D eigenvalue weighted by atomic mass is 16.6. The van der Waals surface area contributed by atoms with E-state index < -0.39 is 49.8 Å². The van der Waals surface area contributed by atoms with Crippen molar-refractivity contribution in [3.63, 3.8) is 0 Å². The first-order chi connectivity index (χ1) is 21.9. The number of carbonyl (C=O) groups excluding carboxylic acids is 3. The van der Waals surface area contributed by atoms with E-state index in [1.165, 1.54) is 36.4 Å². The number of ether oxygens (including phenoxy) is 3. The van der Waals surface area contributed by atoms with Gasteiger partial charge in [-0.25, -0.2) is 14.4 Å². The predicted molar refractivity (Wildman–Crippen MR) is 160 cm³/mol. The van der Waals surface area contributed by atoms with Crippen LogP contribution in [0.3, 0.4) is 0 Å². The molecule has 0 fully saturated rings. The standard InChI is InChI=1S/C32H24N6O7/c1-4-33-36-26-16-10-7-13-23(26)29(40)43-20-32(19-39,21-44-30(41)24-14-8-11-17-27(24)37-34-5-2)22-45-31(42)25-15-9-12-18-28(25)38-35-6-3/h1-3,7-18,39H,19-22H2. The molecule has 0 aliphatic carbocycles. The lowest BCUT2D eigenvalue weighted by Gasteiger charge is -2.30. The van der Waals surface area contributed by atoms with Crippen molar-refractivity contribution in [3.05, 3.63) is 89.5 Å². The molecule has 0 saturated carbocycles. The summed E-state index contributed by atoms with van der Waals surface area (Å²) in [6.07, 6.45) is 15.4. The van der Waals surface area contributed by atoms with Crippen LogP contribution in [0.4, 0.5) is 17.1 Å². The second-order valence-corrected chi connectivity index (χ2v) is 8.93. The van der Waals surface area contributed by atoms with Crippen molar-refractivity contribution < 1.29 is 33.7 Å². The minimum Gasteiger partial charge on any atom is -0.461 e. The molecule has 0 unspecified atom stereocenters. The lowest BCUT2D eigenvalue weighted by Crippen LogP contribution is -2.42. The van der Waals surface area contributed by atoms with Gasteiger partial charge in [0.1, 0.15) is 36.9 Å². The Hall–Kier alpha value is -6.49. The van der Waals surface area contributed by atoms with E-state index in [2.05, 4.69) is 30.7 Å². The van der Waals surface area contributed by atoms with Crippen molar-refractivity contribution >= 4 is 35.0 Å². The fourth-order valence-electron chi connectivity index (χ4n) is 3.60. The molecule has 45 heavy (non-hydrogen) atoms. The lowest BCUT2D eigenvalue weighted by molar-refractivity contribution is -0.0586. The Balaban J connectivity index is 1.88. The van der Waals surface area contributed by atoms with Crippen LogP contribution in [0, 0.1) is 42.8 Å². The van der Waals surface area contributed by atoms with Crippen molar-refractivity contribution in [1.82, 2.24) is 0 Å². The average molecular weight is 605 g/mol. The van der Waals surface area contributed by atoms with Crippen LogP contribution in [0.5, 0.6) is 0 Å². The van der Waals surface area contributed by atoms with Crippen molar-refractivity contribution in [2.24, 2.45) is 36.1 Å². The number of nitrogens with zero attached hydrogens (tertiary/aromatic N) is 6. The molecular weight excluding hydrogens is 580 g/mol. The third-order valence-corrected chi connectivity index (χ3v) is 5.88.